The quantitative estimate of drug-likeness (QED) is 0.561. The van der Waals surface area contributed by atoms with Gasteiger partial charge in [0.15, 0.2) is 0 Å². The van der Waals surface area contributed by atoms with Gasteiger partial charge in [0.2, 0.25) is 0 Å². The molecule has 1 rings (SSSR count). The highest BCUT2D eigenvalue weighted by Gasteiger charge is 2.14. The summed E-state index contributed by atoms with van der Waals surface area (Å²) in [6.45, 7) is 3.39. The van der Waals surface area contributed by atoms with Gasteiger partial charge in [0.05, 0.1) is 7.85 Å². The highest BCUT2D eigenvalue weighted by atomic mass is 19.1. The van der Waals surface area contributed by atoms with Gasteiger partial charge in [0.25, 0.3) is 0 Å². The summed E-state index contributed by atoms with van der Waals surface area (Å²) in [6, 6.07) is 3.31. The second kappa shape index (κ2) is 2.89. The first-order chi connectivity index (χ1) is 5.39. The van der Waals surface area contributed by atoms with Crippen LogP contribution >= 0.6 is 0 Å². The molecule has 0 atom stereocenters. The Morgan fingerprint density at radius 2 is 1.50 bits per heavy atom. The van der Waals surface area contributed by atoms with Gasteiger partial charge < -0.3 is 0 Å². The molecule has 1 aromatic rings. The molecule has 0 spiro atoms. The fraction of sp³-hybridized carbons (Fsp3) is 0.333. The Morgan fingerprint density at radius 3 is 1.83 bits per heavy atom. The van der Waals surface area contributed by atoms with Crippen LogP contribution in [0.4, 0.5) is 8.78 Å². The number of halogens is 2. The second-order valence-corrected chi connectivity index (χ2v) is 3.38. The Kier molecular flexibility index (Phi) is 2.22. The van der Waals surface area contributed by atoms with Crippen LogP contribution in [0.3, 0.4) is 0 Å². The Bertz CT molecular complexity index is 269. The Labute approximate surface area is 72.0 Å². The maximum atomic E-state index is 12.7. The van der Waals surface area contributed by atoms with Crippen LogP contribution < -0.4 is 0 Å². The zero-order valence-electron chi connectivity index (χ0n) is 7.07. The van der Waals surface area contributed by atoms with Crippen LogP contribution in [-0.2, 0) is 5.31 Å². The van der Waals surface area contributed by atoms with E-state index in [2.05, 4.69) is 0 Å². The van der Waals surface area contributed by atoms with Crippen molar-refractivity contribution in [2.45, 2.75) is 19.2 Å². The molecule has 2 radical (unpaired) electrons. The third-order valence-corrected chi connectivity index (χ3v) is 1.61. The van der Waals surface area contributed by atoms with Crippen LogP contribution in [0.15, 0.2) is 18.2 Å². The highest BCUT2D eigenvalue weighted by molar-refractivity contribution is 6.15. The molecule has 0 saturated carbocycles. The smallest absolute Gasteiger partial charge is 0.126 e. The van der Waals surface area contributed by atoms with E-state index >= 15 is 0 Å². The molecular formula is C9H9BF2. The van der Waals surface area contributed by atoms with E-state index in [4.69, 9.17) is 7.85 Å². The van der Waals surface area contributed by atoms with Crippen molar-refractivity contribution >= 4 is 7.85 Å². The maximum absolute atomic E-state index is 12.7. The number of hydrogen-bond acceptors (Lipinski definition) is 0. The van der Waals surface area contributed by atoms with Gasteiger partial charge in [-0.1, -0.05) is 13.8 Å². The van der Waals surface area contributed by atoms with Crippen LogP contribution in [0.5, 0.6) is 0 Å². The van der Waals surface area contributed by atoms with E-state index in [0.717, 1.165) is 6.07 Å². The van der Waals surface area contributed by atoms with Crippen molar-refractivity contribution in [3.05, 3.63) is 35.4 Å². The molecule has 0 aliphatic heterocycles. The first kappa shape index (κ1) is 9.23. The van der Waals surface area contributed by atoms with E-state index in [1.165, 1.54) is 12.1 Å². The molecule has 1 aromatic carbocycles. The molecule has 0 amide bonds. The minimum absolute atomic E-state index is 0.458. The third-order valence-electron chi connectivity index (χ3n) is 1.61. The number of benzene rings is 1. The van der Waals surface area contributed by atoms with Crippen molar-refractivity contribution in [3.63, 3.8) is 0 Å². The SMILES string of the molecule is [B]C(C)(C)c1cc(F)cc(F)c1. The standard InChI is InChI=1S/C9H9BF2/c1-9(2,10)6-3-7(11)5-8(12)4-6/h3-5H,1-2H3. The molecule has 0 N–H and O–H groups in total. The van der Waals surface area contributed by atoms with Crippen molar-refractivity contribution in [2.75, 3.05) is 0 Å². The lowest BCUT2D eigenvalue weighted by atomic mass is 9.67. The molecule has 0 bridgehead atoms. The first-order valence-electron chi connectivity index (χ1n) is 3.65. The molecule has 0 aromatic heterocycles. The molecule has 0 saturated heterocycles. The van der Waals surface area contributed by atoms with Crippen molar-refractivity contribution in [2.24, 2.45) is 0 Å². The fourth-order valence-electron chi connectivity index (χ4n) is 0.926. The van der Waals surface area contributed by atoms with E-state index in [-0.39, 0.29) is 0 Å². The van der Waals surface area contributed by atoms with Crippen LogP contribution in [0, 0.1) is 11.6 Å². The summed E-state index contributed by atoms with van der Waals surface area (Å²) in [5, 5.41) is -0.705. The molecule has 0 aliphatic carbocycles. The summed E-state index contributed by atoms with van der Waals surface area (Å²) in [5.41, 5.74) is 0.458. The minimum Gasteiger partial charge on any atom is -0.207 e. The number of rotatable bonds is 1. The Morgan fingerprint density at radius 1 is 1.08 bits per heavy atom. The normalized spacial score (nSPS) is 11.7. The van der Waals surface area contributed by atoms with Gasteiger partial charge >= 0.3 is 0 Å². The fourth-order valence-corrected chi connectivity index (χ4v) is 0.926. The molecule has 0 nitrogen and oxygen atoms in total. The molecule has 0 fully saturated rings. The van der Waals surface area contributed by atoms with Gasteiger partial charge in [-0.15, -0.1) is 0 Å². The van der Waals surface area contributed by atoms with Gasteiger partial charge in [-0.25, -0.2) is 8.78 Å². The van der Waals surface area contributed by atoms with Gasteiger partial charge in [-0.2, -0.15) is 0 Å². The van der Waals surface area contributed by atoms with Crippen LogP contribution in [-0.4, -0.2) is 7.85 Å². The van der Waals surface area contributed by atoms with E-state index < -0.39 is 16.9 Å². The highest BCUT2D eigenvalue weighted by Crippen LogP contribution is 2.20. The van der Waals surface area contributed by atoms with Crippen molar-refractivity contribution < 1.29 is 8.78 Å². The Hall–Kier alpha value is -0.855. The Balaban J connectivity index is 3.18. The summed E-state index contributed by atoms with van der Waals surface area (Å²) in [5.74, 6) is -1.19. The van der Waals surface area contributed by atoms with E-state index in [1.54, 1.807) is 13.8 Å². The molecule has 62 valence electrons. The lowest BCUT2D eigenvalue weighted by molar-refractivity contribution is 0.573. The summed E-state index contributed by atoms with van der Waals surface area (Å²) < 4.78 is 25.3. The van der Waals surface area contributed by atoms with Gasteiger partial charge in [0, 0.05) is 6.07 Å². The van der Waals surface area contributed by atoms with Gasteiger partial charge in [-0.3, -0.25) is 0 Å². The van der Waals surface area contributed by atoms with Gasteiger partial charge in [0.1, 0.15) is 11.6 Å². The summed E-state index contributed by atoms with van der Waals surface area (Å²) in [6.07, 6.45) is 0. The minimum atomic E-state index is -0.705. The monoisotopic (exact) mass is 166 g/mol. The molecular weight excluding hydrogens is 157 g/mol. The zero-order chi connectivity index (χ0) is 9.35. The van der Waals surface area contributed by atoms with Crippen LogP contribution in [0.25, 0.3) is 0 Å². The average Bonchev–Trinajstić information content (AvgIpc) is 1.82. The summed E-state index contributed by atoms with van der Waals surface area (Å²) >= 11 is 0. The third kappa shape index (κ3) is 2.06. The largest absolute Gasteiger partial charge is 0.207 e. The van der Waals surface area contributed by atoms with Crippen molar-refractivity contribution in [3.8, 4) is 0 Å². The zero-order valence-corrected chi connectivity index (χ0v) is 7.07. The molecule has 3 heteroatoms. The second-order valence-electron chi connectivity index (χ2n) is 3.38. The van der Waals surface area contributed by atoms with E-state index in [0.29, 0.717) is 5.56 Å². The molecule has 0 unspecified atom stereocenters. The summed E-state index contributed by atoms with van der Waals surface area (Å²) in [7, 11) is 5.66. The lowest BCUT2D eigenvalue weighted by Crippen LogP contribution is -2.17. The summed E-state index contributed by atoms with van der Waals surface area (Å²) in [4.78, 5) is 0. The van der Waals surface area contributed by atoms with Crippen molar-refractivity contribution in [1.82, 2.24) is 0 Å². The van der Waals surface area contributed by atoms with Crippen LogP contribution in [0.1, 0.15) is 19.4 Å². The van der Waals surface area contributed by atoms with Crippen molar-refractivity contribution in [1.29, 1.82) is 0 Å². The van der Waals surface area contributed by atoms with Crippen LogP contribution in [0.2, 0.25) is 0 Å². The number of hydrogen-bond donors (Lipinski definition) is 0. The maximum Gasteiger partial charge on any atom is 0.126 e. The average molecular weight is 166 g/mol. The molecule has 12 heavy (non-hydrogen) atoms. The predicted molar refractivity (Wildman–Crippen MR) is 45.1 cm³/mol. The predicted octanol–water partition coefficient (Wildman–Crippen LogP) is 2.37. The van der Waals surface area contributed by atoms with Gasteiger partial charge in [-0.05, 0) is 23.0 Å². The first-order valence-corrected chi connectivity index (χ1v) is 3.65. The molecule has 0 aliphatic rings. The van der Waals surface area contributed by atoms with E-state index in [1.807, 2.05) is 0 Å². The lowest BCUT2D eigenvalue weighted by Gasteiger charge is -2.19. The molecule has 0 heterocycles. The van der Waals surface area contributed by atoms with E-state index in [9.17, 15) is 8.78 Å². The topological polar surface area (TPSA) is 0 Å².